The summed E-state index contributed by atoms with van der Waals surface area (Å²) in [5.74, 6) is 0.421. The van der Waals surface area contributed by atoms with Crippen LogP contribution < -0.4 is 0 Å². The number of nitrogens with zero attached hydrogens (tertiary/aromatic N) is 4. The SMILES string of the molecule is Fc1ccc2c(c1)c1ccc(-c3ccc4c(c3)c3ccccc3n4-c3ccccc3)cc1n2-c1ccc(-c2cc(-c3ccccc3)nc(-c3ccccc3)n2)cc1. The van der Waals surface area contributed by atoms with Gasteiger partial charge in [-0.25, -0.2) is 14.4 Å². The van der Waals surface area contributed by atoms with Crippen LogP contribution in [0.1, 0.15) is 0 Å². The number of aromatic nitrogens is 4. The first-order chi connectivity index (χ1) is 28.2. The lowest BCUT2D eigenvalue weighted by Crippen LogP contribution is -1.97. The molecular weight excluding hydrogens is 700 g/mol. The summed E-state index contributed by atoms with van der Waals surface area (Å²) in [5.41, 5.74) is 13.3. The van der Waals surface area contributed by atoms with Crippen LogP contribution in [0.2, 0.25) is 0 Å². The smallest absolute Gasteiger partial charge is 0.160 e. The van der Waals surface area contributed by atoms with Gasteiger partial charge in [0.25, 0.3) is 0 Å². The van der Waals surface area contributed by atoms with E-state index in [-0.39, 0.29) is 5.82 Å². The third-order valence-corrected chi connectivity index (χ3v) is 11.0. The minimum Gasteiger partial charge on any atom is -0.309 e. The summed E-state index contributed by atoms with van der Waals surface area (Å²) >= 11 is 0. The Morgan fingerprint density at radius 1 is 0.316 bits per heavy atom. The molecule has 0 N–H and O–H groups in total. The largest absolute Gasteiger partial charge is 0.309 e. The van der Waals surface area contributed by atoms with E-state index in [0.29, 0.717) is 5.82 Å². The van der Waals surface area contributed by atoms with Gasteiger partial charge >= 0.3 is 0 Å². The fourth-order valence-corrected chi connectivity index (χ4v) is 8.31. The molecule has 268 valence electrons. The van der Waals surface area contributed by atoms with Crippen molar-refractivity contribution >= 4 is 43.6 Å². The van der Waals surface area contributed by atoms with Crippen molar-refractivity contribution in [2.75, 3.05) is 0 Å². The van der Waals surface area contributed by atoms with Crippen LogP contribution in [0.3, 0.4) is 0 Å². The van der Waals surface area contributed by atoms with Crippen LogP contribution in [-0.4, -0.2) is 19.1 Å². The quantitative estimate of drug-likeness (QED) is 0.171. The van der Waals surface area contributed by atoms with Crippen LogP contribution in [0.25, 0.3) is 100 Å². The van der Waals surface area contributed by atoms with Crippen LogP contribution in [0.4, 0.5) is 4.39 Å². The molecule has 0 saturated heterocycles. The van der Waals surface area contributed by atoms with E-state index < -0.39 is 0 Å². The average molecular weight is 733 g/mol. The lowest BCUT2D eigenvalue weighted by atomic mass is 10.0. The predicted octanol–water partition coefficient (Wildman–Crippen LogP) is 13.5. The van der Waals surface area contributed by atoms with E-state index in [4.69, 9.17) is 9.97 Å². The van der Waals surface area contributed by atoms with Gasteiger partial charge in [0.1, 0.15) is 5.82 Å². The molecule has 8 aromatic carbocycles. The first-order valence-corrected chi connectivity index (χ1v) is 19.1. The van der Waals surface area contributed by atoms with Crippen molar-refractivity contribution in [3.8, 4) is 56.4 Å². The summed E-state index contributed by atoms with van der Waals surface area (Å²) in [6.07, 6.45) is 0. The minimum absolute atomic E-state index is 0.256. The highest BCUT2D eigenvalue weighted by Crippen LogP contribution is 2.39. The number of benzene rings is 8. The molecule has 3 heterocycles. The fourth-order valence-electron chi connectivity index (χ4n) is 8.31. The van der Waals surface area contributed by atoms with Gasteiger partial charge in [0.05, 0.1) is 33.5 Å². The molecule has 0 fully saturated rings. The Balaban J connectivity index is 1.04. The topological polar surface area (TPSA) is 35.6 Å². The van der Waals surface area contributed by atoms with E-state index in [1.807, 2.05) is 54.6 Å². The highest BCUT2D eigenvalue weighted by molar-refractivity contribution is 6.12. The first-order valence-electron chi connectivity index (χ1n) is 19.1. The maximum atomic E-state index is 14.8. The van der Waals surface area contributed by atoms with Crippen LogP contribution in [-0.2, 0) is 0 Å². The number of fused-ring (bicyclic) bond motifs is 6. The second-order valence-electron chi connectivity index (χ2n) is 14.4. The van der Waals surface area contributed by atoms with Crippen LogP contribution in [0, 0.1) is 5.82 Å². The van der Waals surface area contributed by atoms with E-state index >= 15 is 0 Å². The molecule has 0 amide bonds. The van der Waals surface area contributed by atoms with Crippen molar-refractivity contribution in [1.29, 1.82) is 0 Å². The third kappa shape index (κ3) is 5.59. The molecule has 0 bridgehead atoms. The molecule has 5 heteroatoms. The number of rotatable bonds is 6. The maximum Gasteiger partial charge on any atom is 0.160 e. The Morgan fingerprint density at radius 3 is 1.54 bits per heavy atom. The van der Waals surface area contributed by atoms with E-state index in [1.165, 1.54) is 16.3 Å². The molecular formula is C52H33FN4. The van der Waals surface area contributed by atoms with Gasteiger partial charge in [-0.1, -0.05) is 127 Å². The summed E-state index contributed by atoms with van der Waals surface area (Å²) < 4.78 is 19.4. The molecule has 0 aliphatic rings. The molecule has 57 heavy (non-hydrogen) atoms. The summed E-state index contributed by atoms with van der Waals surface area (Å²) in [6.45, 7) is 0. The summed E-state index contributed by atoms with van der Waals surface area (Å²) in [4.78, 5) is 10.0. The van der Waals surface area contributed by atoms with Gasteiger partial charge in [-0.3, -0.25) is 0 Å². The standard InChI is InChI=1S/C52H33FN4/c53-39-24-29-50-45(32-39)43-27-22-38(37-23-28-49-44(30-37)42-18-10-11-19-48(42)56(49)40-16-8-3-9-17-40)31-51(43)57(50)41-25-20-35(21-26-41)47-33-46(34-12-4-1-5-13-34)54-52(55-47)36-14-6-2-7-15-36/h1-33H. The zero-order valence-corrected chi connectivity index (χ0v) is 30.7. The molecule has 11 rings (SSSR count). The second-order valence-corrected chi connectivity index (χ2v) is 14.4. The molecule has 3 aromatic heterocycles. The van der Waals surface area contributed by atoms with Crippen molar-refractivity contribution in [3.05, 3.63) is 206 Å². The Kier molecular flexibility index (Phi) is 7.64. The van der Waals surface area contributed by atoms with Crippen molar-refractivity contribution in [3.63, 3.8) is 0 Å². The summed E-state index contributed by atoms with van der Waals surface area (Å²) in [5, 5.41) is 4.27. The van der Waals surface area contributed by atoms with Gasteiger partial charge < -0.3 is 9.13 Å². The highest BCUT2D eigenvalue weighted by Gasteiger charge is 2.17. The Morgan fingerprint density at radius 2 is 0.807 bits per heavy atom. The van der Waals surface area contributed by atoms with Crippen LogP contribution in [0.15, 0.2) is 200 Å². The number of para-hydroxylation sites is 2. The molecule has 4 nitrogen and oxygen atoms in total. The van der Waals surface area contributed by atoms with E-state index in [1.54, 1.807) is 12.1 Å². The molecule has 0 aliphatic carbocycles. The molecule has 11 aromatic rings. The van der Waals surface area contributed by atoms with Gasteiger partial charge in [-0.05, 0) is 83.9 Å². The third-order valence-electron chi connectivity index (χ3n) is 11.0. The van der Waals surface area contributed by atoms with Gasteiger partial charge in [0.15, 0.2) is 5.82 Å². The summed E-state index contributed by atoms with van der Waals surface area (Å²) in [6, 6.07) is 68.3. The zero-order valence-electron chi connectivity index (χ0n) is 30.7. The predicted molar refractivity (Wildman–Crippen MR) is 232 cm³/mol. The monoisotopic (exact) mass is 732 g/mol. The number of hydrogen-bond acceptors (Lipinski definition) is 2. The van der Waals surface area contributed by atoms with Crippen molar-refractivity contribution in [2.45, 2.75) is 0 Å². The molecule has 0 aliphatic heterocycles. The average Bonchev–Trinajstić information content (AvgIpc) is 3.79. The van der Waals surface area contributed by atoms with Gasteiger partial charge in [-0.15, -0.1) is 0 Å². The molecule has 0 spiro atoms. The Hall–Kier alpha value is -7.63. The Labute approximate surface area is 328 Å². The zero-order chi connectivity index (χ0) is 37.9. The van der Waals surface area contributed by atoms with Crippen molar-refractivity contribution in [1.82, 2.24) is 19.1 Å². The Bertz CT molecular complexity index is 3220. The first kappa shape index (κ1) is 32.8. The van der Waals surface area contributed by atoms with Gasteiger partial charge in [0.2, 0.25) is 0 Å². The van der Waals surface area contributed by atoms with E-state index in [2.05, 4.69) is 143 Å². The minimum atomic E-state index is -0.256. The maximum absolute atomic E-state index is 14.8. The van der Waals surface area contributed by atoms with Crippen LogP contribution in [0.5, 0.6) is 0 Å². The van der Waals surface area contributed by atoms with Gasteiger partial charge in [0, 0.05) is 49.6 Å². The summed E-state index contributed by atoms with van der Waals surface area (Å²) in [7, 11) is 0. The second kappa shape index (κ2) is 13.3. The lowest BCUT2D eigenvalue weighted by Gasteiger charge is -2.12. The molecule has 0 radical (unpaired) electrons. The molecule has 0 unspecified atom stereocenters. The van der Waals surface area contributed by atoms with Crippen molar-refractivity contribution in [2.24, 2.45) is 0 Å². The number of hydrogen-bond donors (Lipinski definition) is 0. The fraction of sp³-hybridized carbons (Fsp3) is 0. The lowest BCUT2D eigenvalue weighted by molar-refractivity contribution is 0.629. The van der Waals surface area contributed by atoms with E-state index in [9.17, 15) is 4.39 Å². The normalized spacial score (nSPS) is 11.6. The highest BCUT2D eigenvalue weighted by atomic mass is 19.1. The molecule has 0 atom stereocenters. The van der Waals surface area contributed by atoms with E-state index in [0.717, 1.165) is 77.9 Å². The van der Waals surface area contributed by atoms with Gasteiger partial charge in [-0.2, -0.15) is 0 Å². The molecule has 0 saturated carbocycles. The number of halogens is 1. The van der Waals surface area contributed by atoms with Crippen LogP contribution >= 0.6 is 0 Å². The van der Waals surface area contributed by atoms with Crippen molar-refractivity contribution < 1.29 is 4.39 Å².